The Morgan fingerprint density at radius 1 is 0.893 bits per heavy atom. The quantitative estimate of drug-likeness (QED) is 0.583. The summed E-state index contributed by atoms with van der Waals surface area (Å²) in [6.45, 7) is 2.69. The van der Waals surface area contributed by atoms with Crippen molar-refractivity contribution in [3.63, 3.8) is 0 Å². The molecule has 9 heteroatoms. The summed E-state index contributed by atoms with van der Waals surface area (Å²) < 4.78 is 26.9. The van der Waals surface area contributed by atoms with Gasteiger partial charge in [-0.3, -0.25) is 14.4 Å². The number of ketones is 1. The van der Waals surface area contributed by atoms with Gasteiger partial charge in [0.05, 0.1) is 4.90 Å². The molecule has 148 valence electrons. The van der Waals surface area contributed by atoms with Gasteiger partial charge in [-0.1, -0.05) is 12.1 Å². The van der Waals surface area contributed by atoms with E-state index in [-0.39, 0.29) is 35.5 Å². The van der Waals surface area contributed by atoms with Gasteiger partial charge in [-0.15, -0.1) is 0 Å². The van der Waals surface area contributed by atoms with Crippen LogP contribution in [-0.4, -0.2) is 32.6 Å². The van der Waals surface area contributed by atoms with Crippen LogP contribution in [0.25, 0.3) is 0 Å². The van der Waals surface area contributed by atoms with Gasteiger partial charge >= 0.3 is 0 Å². The van der Waals surface area contributed by atoms with E-state index in [0.717, 1.165) is 0 Å². The van der Waals surface area contributed by atoms with Gasteiger partial charge in [-0.25, -0.2) is 13.1 Å². The lowest BCUT2D eigenvalue weighted by molar-refractivity contribution is -0.116. The second kappa shape index (κ2) is 9.25. The van der Waals surface area contributed by atoms with Crippen molar-refractivity contribution in [2.75, 3.05) is 17.2 Å². The second-order valence-corrected chi connectivity index (χ2v) is 7.81. The van der Waals surface area contributed by atoms with E-state index in [9.17, 15) is 22.8 Å². The maximum atomic E-state index is 12.3. The fourth-order valence-corrected chi connectivity index (χ4v) is 3.37. The lowest BCUT2D eigenvalue weighted by Gasteiger charge is -2.09. The highest BCUT2D eigenvalue weighted by atomic mass is 32.2. The van der Waals surface area contributed by atoms with Crippen molar-refractivity contribution in [1.29, 1.82) is 0 Å². The molecule has 2 aromatic rings. The van der Waals surface area contributed by atoms with Crippen molar-refractivity contribution in [3.8, 4) is 0 Å². The highest BCUT2D eigenvalue weighted by Gasteiger charge is 2.14. The second-order valence-electron chi connectivity index (χ2n) is 6.04. The summed E-state index contributed by atoms with van der Waals surface area (Å²) in [5.41, 5.74) is 1.42. The number of hydrogen-bond donors (Lipinski definition) is 3. The standard InChI is InChI=1S/C19H21N3O5S/c1-13(23)15-4-3-5-17(12-15)22-19(25)10-11-20-28(26,27)18-8-6-16(7-9-18)21-14(2)24/h3-9,12,20H,10-11H2,1-2H3,(H,21,24)(H,22,25). The van der Waals surface area contributed by atoms with Crippen LogP contribution in [0.1, 0.15) is 30.6 Å². The SMILES string of the molecule is CC(=O)Nc1ccc(S(=O)(=O)NCCC(=O)Nc2cccc(C(C)=O)c2)cc1. The van der Waals surface area contributed by atoms with Gasteiger partial charge < -0.3 is 10.6 Å². The summed E-state index contributed by atoms with van der Waals surface area (Å²) in [7, 11) is -3.78. The Kier molecular flexibility index (Phi) is 7.02. The van der Waals surface area contributed by atoms with E-state index in [1.807, 2.05) is 0 Å². The first kappa shape index (κ1) is 21.3. The zero-order valence-corrected chi connectivity index (χ0v) is 16.3. The molecule has 0 aliphatic heterocycles. The monoisotopic (exact) mass is 403 g/mol. The fraction of sp³-hybridized carbons (Fsp3) is 0.211. The van der Waals surface area contributed by atoms with Crippen molar-refractivity contribution in [2.24, 2.45) is 0 Å². The number of carbonyl (C=O) groups is 3. The van der Waals surface area contributed by atoms with Crippen LogP contribution in [0.4, 0.5) is 11.4 Å². The van der Waals surface area contributed by atoms with E-state index in [1.54, 1.807) is 24.3 Å². The molecular weight excluding hydrogens is 382 g/mol. The maximum absolute atomic E-state index is 12.3. The third-order valence-corrected chi connectivity index (χ3v) is 5.16. The van der Waals surface area contributed by atoms with Crippen molar-refractivity contribution in [3.05, 3.63) is 54.1 Å². The van der Waals surface area contributed by atoms with Crippen LogP contribution in [0, 0.1) is 0 Å². The Hall–Kier alpha value is -3.04. The normalized spacial score (nSPS) is 10.9. The Morgan fingerprint density at radius 2 is 1.57 bits per heavy atom. The maximum Gasteiger partial charge on any atom is 0.240 e. The molecule has 0 fully saturated rings. The predicted molar refractivity (Wildman–Crippen MR) is 106 cm³/mol. The van der Waals surface area contributed by atoms with E-state index in [2.05, 4.69) is 15.4 Å². The molecule has 28 heavy (non-hydrogen) atoms. The minimum Gasteiger partial charge on any atom is -0.326 e. The molecule has 0 aromatic heterocycles. The van der Waals surface area contributed by atoms with Crippen LogP contribution >= 0.6 is 0 Å². The molecule has 0 radical (unpaired) electrons. The summed E-state index contributed by atoms with van der Waals surface area (Å²) in [4.78, 5) is 34.4. The smallest absolute Gasteiger partial charge is 0.240 e. The zero-order valence-electron chi connectivity index (χ0n) is 15.5. The number of rotatable bonds is 8. The molecule has 8 nitrogen and oxygen atoms in total. The minimum atomic E-state index is -3.78. The summed E-state index contributed by atoms with van der Waals surface area (Å²) >= 11 is 0. The first-order valence-corrected chi connectivity index (χ1v) is 9.94. The number of amides is 2. The number of anilines is 2. The van der Waals surface area contributed by atoms with Crippen LogP contribution in [0.15, 0.2) is 53.4 Å². The molecule has 0 spiro atoms. The minimum absolute atomic E-state index is 0.0242. The first-order chi connectivity index (χ1) is 13.2. The molecule has 0 unspecified atom stereocenters. The van der Waals surface area contributed by atoms with Crippen LogP contribution in [0.5, 0.6) is 0 Å². The van der Waals surface area contributed by atoms with E-state index >= 15 is 0 Å². The topological polar surface area (TPSA) is 121 Å². The summed E-state index contributed by atoms with van der Waals surface area (Å²) in [5.74, 6) is -0.758. The lowest BCUT2D eigenvalue weighted by Crippen LogP contribution is -2.27. The molecule has 2 amide bonds. The third-order valence-electron chi connectivity index (χ3n) is 3.68. The number of carbonyl (C=O) groups excluding carboxylic acids is 3. The molecule has 0 bridgehead atoms. The van der Waals surface area contributed by atoms with Crippen molar-refractivity contribution < 1.29 is 22.8 Å². The molecule has 0 atom stereocenters. The van der Waals surface area contributed by atoms with Crippen LogP contribution < -0.4 is 15.4 Å². The van der Waals surface area contributed by atoms with Crippen molar-refractivity contribution >= 4 is 39.0 Å². The highest BCUT2D eigenvalue weighted by Crippen LogP contribution is 2.14. The Bertz CT molecular complexity index is 985. The Balaban J connectivity index is 1.89. The lowest BCUT2D eigenvalue weighted by atomic mass is 10.1. The van der Waals surface area contributed by atoms with Gasteiger partial charge in [0.15, 0.2) is 5.78 Å². The third kappa shape index (κ3) is 6.29. The van der Waals surface area contributed by atoms with Crippen LogP contribution in [-0.2, 0) is 19.6 Å². The molecule has 0 aliphatic rings. The van der Waals surface area contributed by atoms with E-state index in [4.69, 9.17) is 0 Å². The van der Waals surface area contributed by atoms with Gasteiger partial charge in [0.2, 0.25) is 21.8 Å². The molecular formula is C19H21N3O5S. The average molecular weight is 403 g/mol. The molecule has 2 aromatic carbocycles. The van der Waals surface area contributed by atoms with E-state index in [0.29, 0.717) is 16.9 Å². The van der Waals surface area contributed by atoms with E-state index < -0.39 is 10.0 Å². The number of Topliss-reactive ketones (excluding diaryl/α,β-unsaturated/α-hetero) is 1. The molecule has 3 N–H and O–H groups in total. The van der Waals surface area contributed by atoms with Gasteiger partial charge in [-0.05, 0) is 43.3 Å². The number of sulfonamides is 1. The Labute approximate surface area is 163 Å². The predicted octanol–water partition coefficient (Wildman–Crippen LogP) is 2.15. The zero-order chi connectivity index (χ0) is 20.7. The Morgan fingerprint density at radius 3 is 2.18 bits per heavy atom. The molecule has 0 saturated carbocycles. The van der Waals surface area contributed by atoms with Crippen molar-refractivity contribution in [2.45, 2.75) is 25.2 Å². The largest absolute Gasteiger partial charge is 0.326 e. The van der Waals surface area contributed by atoms with Gasteiger partial charge in [0, 0.05) is 36.8 Å². The first-order valence-electron chi connectivity index (χ1n) is 8.45. The number of benzene rings is 2. The summed E-state index contributed by atoms with van der Waals surface area (Å²) in [5, 5.41) is 5.17. The molecule has 0 aliphatic carbocycles. The highest BCUT2D eigenvalue weighted by molar-refractivity contribution is 7.89. The molecule has 0 heterocycles. The summed E-state index contributed by atoms with van der Waals surface area (Å²) in [6.07, 6.45) is -0.0759. The number of nitrogens with one attached hydrogen (secondary N) is 3. The van der Waals surface area contributed by atoms with Gasteiger partial charge in [0.25, 0.3) is 0 Å². The van der Waals surface area contributed by atoms with Crippen LogP contribution in [0.2, 0.25) is 0 Å². The fourth-order valence-electron chi connectivity index (χ4n) is 2.34. The number of hydrogen-bond acceptors (Lipinski definition) is 5. The van der Waals surface area contributed by atoms with E-state index in [1.165, 1.54) is 38.1 Å². The molecule has 2 rings (SSSR count). The van der Waals surface area contributed by atoms with Crippen molar-refractivity contribution in [1.82, 2.24) is 4.72 Å². The average Bonchev–Trinajstić information content (AvgIpc) is 2.61. The van der Waals surface area contributed by atoms with Gasteiger partial charge in [0.1, 0.15) is 0 Å². The summed E-state index contributed by atoms with van der Waals surface area (Å²) in [6, 6.07) is 12.2. The molecule has 0 saturated heterocycles. The van der Waals surface area contributed by atoms with Gasteiger partial charge in [-0.2, -0.15) is 0 Å². The van der Waals surface area contributed by atoms with Crippen LogP contribution in [0.3, 0.4) is 0 Å².